The minimum absolute atomic E-state index is 0.377. The standard InChI is InChI=1S/C27H52N4O2/c1-5-7-9-11-13-15-20-31(21-16-14-12-10-8-6-2)22-17-18-28-24-25(27(33)26(24)32)29-19-23-30(3)4/h28-29H,5-23H2,1-4H3. The maximum atomic E-state index is 12.0. The van der Waals surface area contributed by atoms with E-state index in [2.05, 4.69) is 29.4 Å². The van der Waals surface area contributed by atoms with Gasteiger partial charge in [0.2, 0.25) is 0 Å². The summed E-state index contributed by atoms with van der Waals surface area (Å²) in [4.78, 5) is 28.5. The minimum atomic E-state index is -0.385. The lowest BCUT2D eigenvalue weighted by atomic mass is 10.1. The van der Waals surface area contributed by atoms with Gasteiger partial charge < -0.3 is 20.4 Å². The number of anilines is 2. The van der Waals surface area contributed by atoms with Crippen molar-refractivity contribution >= 4 is 11.4 Å². The van der Waals surface area contributed by atoms with E-state index in [1.54, 1.807) is 0 Å². The number of rotatable bonds is 23. The lowest BCUT2D eigenvalue weighted by Crippen LogP contribution is -2.39. The van der Waals surface area contributed by atoms with E-state index < -0.39 is 0 Å². The van der Waals surface area contributed by atoms with Crippen LogP contribution in [0, 0.1) is 0 Å². The van der Waals surface area contributed by atoms with Crippen LogP contribution in [0.15, 0.2) is 9.59 Å². The molecule has 0 aliphatic heterocycles. The number of hydrogen-bond donors (Lipinski definition) is 2. The molecule has 0 aliphatic carbocycles. The zero-order chi connectivity index (χ0) is 24.3. The van der Waals surface area contributed by atoms with Crippen molar-refractivity contribution in [2.75, 3.05) is 64.0 Å². The van der Waals surface area contributed by atoms with E-state index in [9.17, 15) is 9.59 Å². The molecule has 1 aromatic carbocycles. The molecule has 0 bridgehead atoms. The Hall–Kier alpha value is -1.40. The van der Waals surface area contributed by atoms with E-state index in [0.717, 1.165) is 26.1 Å². The molecular weight excluding hydrogens is 412 g/mol. The molecule has 0 saturated heterocycles. The SMILES string of the molecule is CCCCCCCCN(CCCCCCCC)CCCNc1c(NCCN(C)C)c(=O)c1=O. The second-order valence-corrected chi connectivity index (χ2v) is 9.80. The molecule has 0 aromatic heterocycles. The van der Waals surface area contributed by atoms with Gasteiger partial charge in [-0.2, -0.15) is 0 Å². The fraction of sp³-hybridized carbons (Fsp3) is 0.852. The molecule has 0 heterocycles. The van der Waals surface area contributed by atoms with E-state index in [1.807, 2.05) is 19.0 Å². The molecular formula is C27H52N4O2. The van der Waals surface area contributed by atoms with Crippen molar-refractivity contribution in [1.29, 1.82) is 0 Å². The predicted molar refractivity (Wildman–Crippen MR) is 145 cm³/mol. The van der Waals surface area contributed by atoms with Gasteiger partial charge in [0, 0.05) is 19.6 Å². The van der Waals surface area contributed by atoms with Crippen molar-refractivity contribution in [3.63, 3.8) is 0 Å². The number of hydrogen-bond acceptors (Lipinski definition) is 6. The molecule has 0 atom stereocenters. The van der Waals surface area contributed by atoms with Gasteiger partial charge in [0.25, 0.3) is 10.9 Å². The van der Waals surface area contributed by atoms with Crippen molar-refractivity contribution in [3.05, 3.63) is 20.4 Å². The summed E-state index contributed by atoms with van der Waals surface area (Å²) in [6, 6.07) is 0. The van der Waals surface area contributed by atoms with Gasteiger partial charge in [-0.15, -0.1) is 0 Å². The third-order valence-corrected chi connectivity index (χ3v) is 6.38. The molecule has 0 unspecified atom stereocenters. The van der Waals surface area contributed by atoms with E-state index in [4.69, 9.17) is 0 Å². The first-order valence-corrected chi connectivity index (χ1v) is 13.7. The van der Waals surface area contributed by atoms with Crippen LogP contribution < -0.4 is 21.5 Å². The fourth-order valence-electron chi connectivity index (χ4n) is 4.22. The van der Waals surface area contributed by atoms with Crippen LogP contribution in [0.25, 0.3) is 0 Å². The predicted octanol–water partition coefficient (Wildman–Crippen LogP) is 5.08. The van der Waals surface area contributed by atoms with Gasteiger partial charge in [-0.25, -0.2) is 0 Å². The number of unbranched alkanes of at least 4 members (excludes halogenated alkanes) is 10. The number of nitrogens with zero attached hydrogens (tertiary/aromatic N) is 2. The third-order valence-electron chi connectivity index (χ3n) is 6.38. The molecule has 0 aliphatic rings. The van der Waals surface area contributed by atoms with E-state index in [-0.39, 0.29) is 10.9 Å². The lowest BCUT2D eigenvalue weighted by molar-refractivity contribution is 0.259. The zero-order valence-electron chi connectivity index (χ0n) is 22.1. The van der Waals surface area contributed by atoms with Crippen LogP contribution in [-0.2, 0) is 0 Å². The van der Waals surface area contributed by atoms with Gasteiger partial charge in [-0.1, -0.05) is 78.1 Å². The molecule has 1 aromatic rings. The quantitative estimate of drug-likeness (QED) is 0.174. The molecule has 1 rings (SSSR count). The first kappa shape index (κ1) is 29.6. The van der Waals surface area contributed by atoms with Gasteiger partial charge in [0.05, 0.1) is 0 Å². The highest BCUT2D eigenvalue weighted by Crippen LogP contribution is 2.14. The Kier molecular flexibility index (Phi) is 17.0. The Labute approximate surface area is 203 Å². The topological polar surface area (TPSA) is 64.7 Å². The second kappa shape index (κ2) is 19.0. The summed E-state index contributed by atoms with van der Waals surface area (Å²) in [5.41, 5.74) is 0.192. The number of likely N-dealkylation sites (N-methyl/N-ethyl adjacent to an activating group) is 1. The van der Waals surface area contributed by atoms with E-state index in [0.29, 0.717) is 17.9 Å². The van der Waals surface area contributed by atoms with Crippen LogP contribution in [-0.4, -0.2) is 63.2 Å². The lowest BCUT2D eigenvalue weighted by Gasteiger charge is -2.23. The molecule has 0 amide bonds. The van der Waals surface area contributed by atoms with Gasteiger partial charge >= 0.3 is 0 Å². The summed E-state index contributed by atoms with van der Waals surface area (Å²) >= 11 is 0. The van der Waals surface area contributed by atoms with Gasteiger partial charge in [-0.05, 0) is 53.0 Å². The molecule has 0 saturated carbocycles. The first-order chi connectivity index (χ1) is 16.0. The van der Waals surface area contributed by atoms with Gasteiger partial charge in [0.15, 0.2) is 0 Å². The Morgan fingerprint density at radius 3 is 1.45 bits per heavy atom. The highest BCUT2D eigenvalue weighted by molar-refractivity contribution is 5.73. The van der Waals surface area contributed by atoms with Crippen LogP contribution in [0.2, 0.25) is 0 Å². The largest absolute Gasteiger partial charge is 0.380 e. The van der Waals surface area contributed by atoms with E-state index >= 15 is 0 Å². The van der Waals surface area contributed by atoms with Crippen molar-refractivity contribution in [2.45, 2.75) is 97.3 Å². The molecule has 6 nitrogen and oxygen atoms in total. The van der Waals surface area contributed by atoms with Crippen molar-refractivity contribution in [2.24, 2.45) is 0 Å². The average molecular weight is 465 g/mol. The summed E-state index contributed by atoms with van der Waals surface area (Å²) in [7, 11) is 3.98. The average Bonchev–Trinajstić information content (AvgIpc) is 2.80. The second-order valence-electron chi connectivity index (χ2n) is 9.80. The van der Waals surface area contributed by atoms with Gasteiger partial charge in [-0.3, -0.25) is 9.59 Å². The summed E-state index contributed by atoms with van der Waals surface area (Å²) < 4.78 is 0. The smallest absolute Gasteiger partial charge is 0.253 e. The minimum Gasteiger partial charge on any atom is -0.380 e. The van der Waals surface area contributed by atoms with Crippen molar-refractivity contribution in [1.82, 2.24) is 9.80 Å². The third kappa shape index (κ3) is 13.2. The Morgan fingerprint density at radius 2 is 0.970 bits per heavy atom. The molecule has 0 spiro atoms. The van der Waals surface area contributed by atoms with Crippen LogP contribution >= 0.6 is 0 Å². The number of nitrogens with one attached hydrogen (secondary N) is 2. The highest BCUT2D eigenvalue weighted by Gasteiger charge is 2.20. The Morgan fingerprint density at radius 1 is 0.545 bits per heavy atom. The van der Waals surface area contributed by atoms with E-state index in [1.165, 1.54) is 90.1 Å². The summed E-state index contributed by atoms with van der Waals surface area (Å²) in [5, 5.41) is 6.35. The van der Waals surface area contributed by atoms with Crippen LogP contribution in [0.3, 0.4) is 0 Å². The summed E-state index contributed by atoms with van der Waals surface area (Å²) in [6.45, 7) is 10.2. The van der Waals surface area contributed by atoms with Crippen LogP contribution in [0.5, 0.6) is 0 Å². The molecule has 6 heteroatoms. The zero-order valence-corrected chi connectivity index (χ0v) is 22.1. The summed E-state index contributed by atoms with van der Waals surface area (Å²) in [6.07, 6.45) is 17.0. The van der Waals surface area contributed by atoms with Crippen molar-refractivity contribution in [3.8, 4) is 0 Å². The van der Waals surface area contributed by atoms with Crippen LogP contribution in [0.1, 0.15) is 97.3 Å². The highest BCUT2D eigenvalue weighted by atomic mass is 16.2. The van der Waals surface area contributed by atoms with Crippen molar-refractivity contribution < 1.29 is 0 Å². The monoisotopic (exact) mass is 464 g/mol. The fourth-order valence-corrected chi connectivity index (χ4v) is 4.22. The molecule has 192 valence electrons. The first-order valence-electron chi connectivity index (χ1n) is 13.7. The van der Waals surface area contributed by atoms with Gasteiger partial charge in [0.1, 0.15) is 11.4 Å². The van der Waals surface area contributed by atoms with Crippen LogP contribution in [0.4, 0.5) is 11.4 Å². The summed E-state index contributed by atoms with van der Waals surface area (Å²) in [5.74, 6) is 0. The maximum Gasteiger partial charge on any atom is 0.253 e. The Balaban J connectivity index is 2.37. The Bertz CT molecular complexity index is 651. The normalized spacial score (nSPS) is 11.7. The molecule has 2 N–H and O–H groups in total. The molecule has 0 fully saturated rings. The molecule has 0 radical (unpaired) electrons. The maximum absolute atomic E-state index is 12.0. The molecule has 33 heavy (non-hydrogen) atoms.